The zero-order chi connectivity index (χ0) is 11.0. The number of aldehydes is 1. The van der Waals surface area contributed by atoms with Gasteiger partial charge in [-0.25, -0.2) is 0 Å². The molecule has 0 radical (unpaired) electrons. The van der Waals surface area contributed by atoms with Gasteiger partial charge in [0.15, 0.2) is 5.78 Å². The van der Waals surface area contributed by atoms with Crippen molar-refractivity contribution < 1.29 is 9.59 Å². The van der Waals surface area contributed by atoms with Gasteiger partial charge in [0.2, 0.25) is 0 Å². The second kappa shape index (κ2) is 7.01. The van der Waals surface area contributed by atoms with E-state index in [9.17, 15) is 9.59 Å². The highest BCUT2D eigenvalue weighted by atomic mass is 16.1. The lowest BCUT2D eigenvalue weighted by atomic mass is 10.0. The van der Waals surface area contributed by atoms with Crippen LogP contribution in [0.15, 0.2) is 36.0 Å². The Kier molecular flexibility index (Phi) is 6.29. The van der Waals surface area contributed by atoms with Crippen LogP contribution in [0.5, 0.6) is 0 Å². The molecule has 0 bridgehead atoms. The van der Waals surface area contributed by atoms with Crippen molar-refractivity contribution in [2.75, 3.05) is 0 Å². The summed E-state index contributed by atoms with van der Waals surface area (Å²) in [5, 5.41) is 0. The zero-order valence-electron chi connectivity index (χ0n) is 8.75. The fourth-order valence-electron chi connectivity index (χ4n) is 0.990. The molecule has 14 heavy (non-hydrogen) atoms. The number of Topliss-reactive ketones (excluding diaryl/α,β-unsaturated/α-hetero) is 1. The Labute approximate surface area is 85.0 Å². The molecule has 0 aliphatic carbocycles. The Hall–Kier alpha value is -1.44. The quantitative estimate of drug-likeness (QED) is 0.368. The summed E-state index contributed by atoms with van der Waals surface area (Å²) in [5.41, 5.74) is 1.34. The first-order valence-corrected chi connectivity index (χ1v) is 4.59. The fourth-order valence-corrected chi connectivity index (χ4v) is 0.990. The molecule has 0 atom stereocenters. The van der Waals surface area contributed by atoms with Crippen molar-refractivity contribution in [1.82, 2.24) is 0 Å². The zero-order valence-corrected chi connectivity index (χ0v) is 8.75. The molecule has 0 aliphatic rings. The summed E-state index contributed by atoms with van der Waals surface area (Å²) in [6.07, 6.45) is 6.66. The molecule has 0 saturated carbocycles. The van der Waals surface area contributed by atoms with Gasteiger partial charge < -0.3 is 4.79 Å². The van der Waals surface area contributed by atoms with Crippen molar-refractivity contribution in [3.05, 3.63) is 36.0 Å². The van der Waals surface area contributed by atoms with Gasteiger partial charge in [-0.3, -0.25) is 4.79 Å². The average Bonchev–Trinajstić information content (AvgIpc) is 2.14. The largest absolute Gasteiger partial charge is 0.303 e. The van der Waals surface area contributed by atoms with Crippen molar-refractivity contribution in [2.24, 2.45) is 0 Å². The molecular weight excluding hydrogens is 176 g/mol. The third kappa shape index (κ3) is 4.55. The van der Waals surface area contributed by atoms with Crippen LogP contribution in [0.1, 0.15) is 26.7 Å². The normalized spacial score (nSPS) is 11.7. The van der Waals surface area contributed by atoms with Crippen LogP contribution >= 0.6 is 0 Å². The van der Waals surface area contributed by atoms with E-state index in [0.29, 0.717) is 5.57 Å². The van der Waals surface area contributed by atoms with Crippen molar-refractivity contribution in [1.29, 1.82) is 0 Å². The smallest absolute Gasteiger partial charge is 0.163 e. The highest BCUT2D eigenvalue weighted by Crippen LogP contribution is 2.11. The van der Waals surface area contributed by atoms with Crippen LogP contribution in [0.3, 0.4) is 0 Å². The molecule has 2 heteroatoms. The first kappa shape index (κ1) is 12.6. The molecule has 2 nitrogen and oxygen atoms in total. The number of hydrogen-bond donors (Lipinski definition) is 0. The van der Waals surface area contributed by atoms with Crippen molar-refractivity contribution >= 4 is 12.1 Å². The van der Waals surface area contributed by atoms with E-state index < -0.39 is 0 Å². The molecule has 0 aliphatic heterocycles. The van der Waals surface area contributed by atoms with E-state index in [1.54, 1.807) is 19.1 Å². The fraction of sp³-hybridized carbons (Fsp3) is 0.333. The van der Waals surface area contributed by atoms with Crippen LogP contribution in [-0.4, -0.2) is 12.1 Å². The van der Waals surface area contributed by atoms with Crippen LogP contribution in [0.2, 0.25) is 0 Å². The maximum Gasteiger partial charge on any atom is 0.163 e. The third-order valence-corrected chi connectivity index (χ3v) is 1.70. The highest BCUT2D eigenvalue weighted by Gasteiger charge is 2.08. The van der Waals surface area contributed by atoms with Crippen LogP contribution < -0.4 is 0 Å². The van der Waals surface area contributed by atoms with Crippen molar-refractivity contribution in [2.45, 2.75) is 26.7 Å². The number of rotatable bonds is 6. The van der Waals surface area contributed by atoms with E-state index >= 15 is 0 Å². The van der Waals surface area contributed by atoms with E-state index in [-0.39, 0.29) is 18.6 Å². The van der Waals surface area contributed by atoms with Gasteiger partial charge in [-0.05, 0) is 19.4 Å². The maximum atomic E-state index is 11.5. The Bertz CT molecular complexity index is 283. The van der Waals surface area contributed by atoms with E-state index in [1.165, 1.54) is 0 Å². The van der Waals surface area contributed by atoms with Gasteiger partial charge >= 0.3 is 0 Å². The second-order valence-corrected chi connectivity index (χ2v) is 3.01. The molecule has 0 aromatic carbocycles. The minimum Gasteiger partial charge on any atom is -0.303 e. The minimum absolute atomic E-state index is 0.0253. The lowest BCUT2D eigenvalue weighted by Gasteiger charge is -2.02. The third-order valence-electron chi connectivity index (χ3n) is 1.70. The summed E-state index contributed by atoms with van der Waals surface area (Å²) in [6.45, 7) is 7.39. The second-order valence-electron chi connectivity index (χ2n) is 3.01. The van der Waals surface area contributed by atoms with E-state index in [2.05, 4.69) is 6.58 Å². The number of allylic oxidation sites excluding steroid dienone is 5. The number of hydrogen-bond acceptors (Lipinski definition) is 2. The monoisotopic (exact) mass is 192 g/mol. The van der Waals surface area contributed by atoms with Gasteiger partial charge in [-0.2, -0.15) is 0 Å². The lowest BCUT2D eigenvalue weighted by Crippen LogP contribution is -2.03. The van der Waals surface area contributed by atoms with Crippen LogP contribution in [0.25, 0.3) is 0 Å². The molecule has 0 amide bonds. The number of carbonyl (C=O) groups is 2. The van der Waals surface area contributed by atoms with Crippen molar-refractivity contribution in [3.8, 4) is 0 Å². The summed E-state index contributed by atoms with van der Waals surface area (Å²) in [6, 6.07) is 0. The SMILES string of the molecule is C=C(C)/C(=C\C=CC)C(=O)CCC=O. The molecule has 0 rings (SSSR count). The first-order chi connectivity index (χ1) is 6.63. The summed E-state index contributed by atoms with van der Waals surface area (Å²) in [5.74, 6) is -0.0253. The van der Waals surface area contributed by atoms with Crippen LogP contribution in [-0.2, 0) is 9.59 Å². The molecule has 0 heterocycles. The Morgan fingerprint density at radius 1 is 1.43 bits per heavy atom. The maximum absolute atomic E-state index is 11.5. The standard InChI is InChI=1S/C12H16O2/c1-4-5-7-11(10(2)3)12(14)8-6-9-13/h4-5,7,9H,2,6,8H2,1,3H3/b5-4?,11-7+. The van der Waals surface area contributed by atoms with Gasteiger partial charge in [-0.1, -0.05) is 24.8 Å². The molecule has 0 spiro atoms. The molecule has 0 fully saturated rings. The molecule has 0 N–H and O–H groups in total. The van der Waals surface area contributed by atoms with E-state index in [4.69, 9.17) is 0 Å². The number of carbonyl (C=O) groups excluding carboxylic acids is 2. The van der Waals surface area contributed by atoms with Gasteiger partial charge in [0, 0.05) is 18.4 Å². The predicted molar refractivity (Wildman–Crippen MR) is 58.0 cm³/mol. The van der Waals surface area contributed by atoms with E-state index in [1.807, 2.05) is 13.0 Å². The lowest BCUT2D eigenvalue weighted by molar-refractivity contribution is -0.117. The van der Waals surface area contributed by atoms with Gasteiger partial charge in [0.25, 0.3) is 0 Å². The summed E-state index contributed by atoms with van der Waals surface area (Å²) < 4.78 is 0. The van der Waals surface area contributed by atoms with Crippen molar-refractivity contribution in [3.63, 3.8) is 0 Å². The highest BCUT2D eigenvalue weighted by molar-refractivity contribution is 6.00. The average molecular weight is 192 g/mol. The van der Waals surface area contributed by atoms with Crippen LogP contribution in [0, 0.1) is 0 Å². The van der Waals surface area contributed by atoms with Gasteiger partial charge in [-0.15, -0.1) is 0 Å². The Balaban J connectivity index is 4.57. The van der Waals surface area contributed by atoms with Crippen LogP contribution in [0.4, 0.5) is 0 Å². The predicted octanol–water partition coefficient (Wildman–Crippen LogP) is 2.61. The van der Waals surface area contributed by atoms with Gasteiger partial charge in [0.05, 0.1) is 0 Å². The molecule has 0 aromatic rings. The Morgan fingerprint density at radius 3 is 2.50 bits per heavy atom. The number of ketones is 1. The molecule has 0 unspecified atom stereocenters. The molecular formula is C12H16O2. The molecule has 0 saturated heterocycles. The summed E-state index contributed by atoms with van der Waals surface area (Å²) in [4.78, 5) is 21.6. The summed E-state index contributed by atoms with van der Waals surface area (Å²) in [7, 11) is 0. The molecule has 0 aromatic heterocycles. The van der Waals surface area contributed by atoms with E-state index in [0.717, 1.165) is 11.9 Å². The van der Waals surface area contributed by atoms with Gasteiger partial charge in [0.1, 0.15) is 6.29 Å². The minimum atomic E-state index is -0.0253. The molecule has 76 valence electrons. The summed E-state index contributed by atoms with van der Waals surface area (Å²) >= 11 is 0. The Morgan fingerprint density at radius 2 is 2.07 bits per heavy atom. The topological polar surface area (TPSA) is 34.1 Å². The first-order valence-electron chi connectivity index (χ1n) is 4.59.